The van der Waals surface area contributed by atoms with Crippen LogP contribution in [0.15, 0.2) is 35.2 Å². The van der Waals surface area contributed by atoms with E-state index < -0.39 is 0 Å². The van der Waals surface area contributed by atoms with E-state index in [9.17, 15) is 4.79 Å². The third-order valence-corrected chi connectivity index (χ3v) is 3.78. The van der Waals surface area contributed by atoms with E-state index in [0.29, 0.717) is 26.2 Å². The summed E-state index contributed by atoms with van der Waals surface area (Å²) in [7, 11) is 0. The zero-order chi connectivity index (χ0) is 16.1. The first-order chi connectivity index (χ1) is 11.2. The van der Waals surface area contributed by atoms with Crippen molar-refractivity contribution in [2.45, 2.75) is 26.1 Å². The molecule has 0 spiro atoms. The maximum absolute atomic E-state index is 12.0. The summed E-state index contributed by atoms with van der Waals surface area (Å²) in [5, 5.41) is 7.15. The Labute approximate surface area is 135 Å². The number of hydrogen-bond donors (Lipinski definition) is 1. The predicted molar refractivity (Wildman–Crippen MR) is 83.7 cm³/mol. The Morgan fingerprint density at radius 3 is 3.17 bits per heavy atom. The van der Waals surface area contributed by atoms with E-state index in [-0.39, 0.29) is 12.0 Å². The number of morpholine rings is 1. The standard InChI is InChI=1S/C16H22N4O3/c1-13-7-18-20(9-13)11-15-10-19(4-6-23-15)12-16(21)17-8-14-3-2-5-22-14/h2-3,5,7,9,15H,4,6,8,10-12H2,1H3,(H,17,21)/t15-/m1/s1. The van der Waals surface area contributed by atoms with Crippen molar-refractivity contribution in [3.05, 3.63) is 42.1 Å². The Bertz CT molecular complexity index is 623. The van der Waals surface area contributed by atoms with Gasteiger partial charge < -0.3 is 14.5 Å². The molecule has 2 aromatic rings. The minimum atomic E-state index is -0.00279. The number of carbonyl (C=O) groups excluding carboxylic acids is 1. The Morgan fingerprint density at radius 1 is 1.52 bits per heavy atom. The molecule has 7 nitrogen and oxygen atoms in total. The largest absolute Gasteiger partial charge is 0.467 e. The van der Waals surface area contributed by atoms with Crippen LogP contribution in [0.3, 0.4) is 0 Å². The third kappa shape index (κ3) is 4.67. The molecule has 1 aliphatic rings. The molecule has 0 radical (unpaired) electrons. The van der Waals surface area contributed by atoms with Crippen LogP contribution in [0.5, 0.6) is 0 Å². The molecule has 0 aromatic carbocycles. The van der Waals surface area contributed by atoms with Crippen LogP contribution >= 0.6 is 0 Å². The fourth-order valence-electron chi connectivity index (χ4n) is 2.67. The zero-order valence-corrected chi connectivity index (χ0v) is 13.3. The number of ether oxygens (including phenoxy) is 1. The summed E-state index contributed by atoms with van der Waals surface area (Å²) in [5.74, 6) is 0.754. The van der Waals surface area contributed by atoms with Gasteiger partial charge >= 0.3 is 0 Å². The van der Waals surface area contributed by atoms with Crippen molar-refractivity contribution in [3.8, 4) is 0 Å². The van der Waals surface area contributed by atoms with Crippen molar-refractivity contribution >= 4 is 5.91 Å². The molecule has 1 saturated heterocycles. The van der Waals surface area contributed by atoms with Gasteiger partial charge in [-0.15, -0.1) is 0 Å². The highest BCUT2D eigenvalue weighted by molar-refractivity contribution is 5.77. The van der Waals surface area contributed by atoms with Crippen LogP contribution in [0.4, 0.5) is 0 Å². The van der Waals surface area contributed by atoms with Crippen molar-refractivity contribution in [2.24, 2.45) is 0 Å². The second kappa shape index (κ2) is 7.43. The maximum atomic E-state index is 12.0. The van der Waals surface area contributed by atoms with Crippen LogP contribution in [0.2, 0.25) is 0 Å². The minimum Gasteiger partial charge on any atom is -0.467 e. The summed E-state index contributed by atoms with van der Waals surface area (Å²) >= 11 is 0. The zero-order valence-electron chi connectivity index (χ0n) is 13.3. The number of aromatic nitrogens is 2. The molecule has 1 fully saturated rings. The highest BCUT2D eigenvalue weighted by atomic mass is 16.5. The molecule has 0 bridgehead atoms. The molecule has 1 amide bonds. The molecule has 0 saturated carbocycles. The van der Waals surface area contributed by atoms with Gasteiger partial charge in [0.2, 0.25) is 5.91 Å². The third-order valence-electron chi connectivity index (χ3n) is 3.78. The summed E-state index contributed by atoms with van der Waals surface area (Å²) in [4.78, 5) is 14.1. The molecular formula is C16H22N4O3. The van der Waals surface area contributed by atoms with Gasteiger partial charge in [-0.1, -0.05) is 0 Å². The molecule has 1 atom stereocenters. The van der Waals surface area contributed by atoms with Crippen LogP contribution in [0.1, 0.15) is 11.3 Å². The summed E-state index contributed by atoms with van der Waals surface area (Å²) in [6, 6.07) is 3.65. The summed E-state index contributed by atoms with van der Waals surface area (Å²) < 4.78 is 12.9. The summed E-state index contributed by atoms with van der Waals surface area (Å²) in [6.45, 7) is 5.65. The van der Waals surface area contributed by atoms with Gasteiger partial charge in [-0.05, 0) is 24.6 Å². The summed E-state index contributed by atoms with van der Waals surface area (Å²) in [6.07, 6.45) is 5.49. The Balaban J connectivity index is 1.43. The lowest BCUT2D eigenvalue weighted by molar-refractivity contribution is -0.124. The molecule has 1 aliphatic heterocycles. The van der Waals surface area contributed by atoms with Gasteiger partial charge in [0, 0.05) is 19.3 Å². The first-order valence-corrected chi connectivity index (χ1v) is 7.81. The number of rotatable bonds is 6. The molecule has 1 N–H and O–H groups in total. The topological polar surface area (TPSA) is 72.5 Å². The van der Waals surface area contributed by atoms with Crippen LogP contribution < -0.4 is 5.32 Å². The average Bonchev–Trinajstić information content (AvgIpc) is 3.17. The maximum Gasteiger partial charge on any atom is 0.234 e. The highest BCUT2D eigenvalue weighted by Crippen LogP contribution is 2.08. The highest BCUT2D eigenvalue weighted by Gasteiger charge is 2.22. The van der Waals surface area contributed by atoms with Crippen molar-refractivity contribution in [2.75, 3.05) is 26.2 Å². The van der Waals surface area contributed by atoms with E-state index in [4.69, 9.17) is 9.15 Å². The molecular weight excluding hydrogens is 296 g/mol. The molecule has 0 aliphatic carbocycles. The van der Waals surface area contributed by atoms with Crippen LogP contribution in [0, 0.1) is 6.92 Å². The molecule has 2 aromatic heterocycles. The second-order valence-corrected chi connectivity index (χ2v) is 5.82. The van der Waals surface area contributed by atoms with E-state index in [2.05, 4.69) is 15.3 Å². The quantitative estimate of drug-likeness (QED) is 0.853. The van der Waals surface area contributed by atoms with Gasteiger partial charge in [0.1, 0.15) is 5.76 Å². The Hall–Kier alpha value is -2.12. The van der Waals surface area contributed by atoms with Gasteiger partial charge in [0.15, 0.2) is 0 Å². The lowest BCUT2D eigenvalue weighted by atomic mass is 10.2. The monoisotopic (exact) mass is 318 g/mol. The van der Waals surface area contributed by atoms with E-state index in [1.54, 1.807) is 6.26 Å². The predicted octanol–water partition coefficient (Wildman–Crippen LogP) is 0.802. The number of nitrogens with one attached hydrogen (secondary N) is 1. The first-order valence-electron chi connectivity index (χ1n) is 7.81. The number of nitrogens with zero attached hydrogens (tertiary/aromatic N) is 3. The summed E-state index contributed by atoms with van der Waals surface area (Å²) in [5.41, 5.74) is 1.13. The second-order valence-electron chi connectivity index (χ2n) is 5.82. The van der Waals surface area contributed by atoms with Gasteiger partial charge in [0.05, 0.1) is 44.8 Å². The first kappa shape index (κ1) is 15.8. The molecule has 3 rings (SSSR count). The van der Waals surface area contributed by atoms with Crippen molar-refractivity contribution in [1.82, 2.24) is 20.0 Å². The number of aryl methyl sites for hydroxylation is 1. The van der Waals surface area contributed by atoms with E-state index in [1.165, 1.54) is 0 Å². The van der Waals surface area contributed by atoms with Crippen molar-refractivity contribution in [3.63, 3.8) is 0 Å². The van der Waals surface area contributed by atoms with Gasteiger partial charge in [-0.2, -0.15) is 5.10 Å². The fraction of sp³-hybridized carbons (Fsp3) is 0.500. The molecule has 0 unspecified atom stereocenters. The lowest BCUT2D eigenvalue weighted by Gasteiger charge is -2.32. The van der Waals surface area contributed by atoms with Crippen LogP contribution in [0.25, 0.3) is 0 Å². The normalized spacial score (nSPS) is 18.9. The van der Waals surface area contributed by atoms with E-state index in [1.807, 2.05) is 36.1 Å². The number of amides is 1. The van der Waals surface area contributed by atoms with Gasteiger partial charge in [0.25, 0.3) is 0 Å². The number of carbonyl (C=O) groups is 1. The average molecular weight is 318 g/mol. The van der Waals surface area contributed by atoms with Crippen molar-refractivity contribution in [1.29, 1.82) is 0 Å². The van der Waals surface area contributed by atoms with Crippen LogP contribution in [-0.4, -0.2) is 52.9 Å². The molecule has 124 valence electrons. The van der Waals surface area contributed by atoms with E-state index >= 15 is 0 Å². The van der Waals surface area contributed by atoms with Crippen molar-refractivity contribution < 1.29 is 13.9 Å². The van der Waals surface area contributed by atoms with Gasteiger partial charge in [-0.25, -0.2) is 0 Å². The number of furan rings is 1. The van der Waals surface area contributed by atoms with Gasteiger partial charge in [-0.3, -0.25) is 14.4 Å². The Morgan fingerprint density at radius 2 is 2.43 bits per heavy atom. The van der Waals surface area contributed by atoms with E-state index in [0.717, 1.165) is 24.4 Å². The minimum absolute atomic E-state index is 0.00279. The Kier molecular flexibility index (Phi) is 5.09. The number of hydrogen-bond acceptors (Lipinski definition) is 5. The molecule has 23 heavy (non-hydrogen) atoms. The smallest absolute Gasteiger partial charge is 0.234 e. The fourth-order valence-corrected chi connectivity index (χ4v) is 2.67. The van der Waals surface area contributed by atoms with Crippen LogP contribution in [-0.2, 0) is 22.6 Å². The molecule has 3 heterocycles. The molecule has 7 heteroatoms. The lowest BCUT2D eigenvalue weighted by Crippen LogP contribution is -2.48. The SMILES string of the molecule is Cc1cnn(C[C@H]2CN(CC(=O)NCc3ccco3)CCO2)c1.